The van der Waals surface area contributed by atoms with Gasteiger partial charge in [0.1, 0.15) is 5.65 Å². The van der Waals surface area contributed by atoms with Gasteiger partial charge in [-0.1, -0.05) is 13.8 Å². The number of fused-ring (bicyclic) bond motifs is 1. The maximum Gasteiger partial charge on any atom is 0.291 e. The molecule has 0 spiro atoms. The SMILES string of the molecule is CC(C)Cn1c(O)c(C(=O)NC2CC2)c(=O)n2ncc(C=CC(=O)N3CCCC3(C)C)c12. The van der Waals surface area contributed by atoms with Gasteiger partial charge in [0.05, 0.1) is 6.20 Å². The summed E-state index contributed by atoms with van der Waals surface area (Å²) in [5, 5.41) is 17.9. The van der Waals surface area contributed by atoms with Gasteiger partial charge in [0.25, 0.3) is 11.5 Å². The first kappa shape index (κ1) is 22.1. The van der Waals surface area contributed by atoms with Crippen LogP contribution >= 0.6 is 0 Å². The van der Waals surface area contributed by atoms with E-state index in [-0.39, 0.29) is 34.8 Å². The quantitative estimate of drug-likeness (QED) is 0.668. The van der Waals surface area contributed by atoms with Crippen molar-refractivity contribution in [3.8, 4) is 5.88 Å². The van der Waals surface area contributed by atoms with E-state index in [0.29, 0.717) is 24.3 Å². The average Bonchev–Trinajstić information content (AvgIpc) is 3.29. The summed E-state index contributed by atoms with van der Waals surface area (Å²) in [5.41, 5.74) is -0.294. The fourth-order valence-corrected chi connectivity index (χ4v) is 4.32. The molecule has 2 N–H and O–H groups in total. The minimum Gasteiger partial charge on any atom is -0.494 e. The predicted molar refractivity (Wildman–Crippen MR) is 121 cm³/mol. The lowest BCUT2D eigenvalue weighted by Gasteiger charge is -2.30. The molecule has 2 aromatic heterocycles. The Balaban J connectivity index is 1.77. The van der Waals surface area contributed by atoms with Gasteiger partial charge in [-0.2, -0.15) is 9.61 Å². The molecule has 32 heavy (non-hydrogen) atoms. The molecule has 3 heterocycles. The van der Waals surface area contributed by atoms with Gasteiger partial charge in [-0.15, -0.1) is 0 Å². The van der Waals surface area contributed by atoms with Crippen molar-refractivity contribution in [2.45, 2.75) is 71.5 Å². The second-order valence-corrected chi connectivity index (χ2v) is 9.83. The fourth-order valence-electron chi connectivity index (χ4n) is 4.32. The largest absolute Gasteiger partial charge is 0.494 e. The maximum absolute atomic E-state index is 13.0. The number of amides is 2. The molecule has 2 amide bonds. The van der Waals surface area contributed by atoms with Crippen molar-refractivity contribution >= 4 is 23.5 Å². The van der Waals surface area contributed by atoms with Crippen LogP contribution in [0.5, 0.6) is 5.88 Å². The number of carbonyl (C=O) groups excluding carboxylic acids is 2. The van der Waals surface area contributed by atoms with Gasteiger partial charge >= 0.3 is 0 Å². The minimum absolute atomic E-state index is 0.0486. The molecular weight excluding hydrogens is 410 g/mol. The third-order valence-electron chi connectivity index (χ3n) is 6.17. The lowest BCUT2D eigenvalue weighted by molar-refractivity contribution is -0.128. The van der Waals surface area contributed by atoms with Crippen LogP contribution in [0.3, 0.4) is 0 Å². The molecular formula is C23H31N5O4. The van der Waals surface area contributed by atoms with Gasteiger partial charge in [-0.3, -0.25) is 19.0 Å². The highest BCUT2D eigenvalue weighted by atomic mass is 16.3. The van der Waals surface area contributed by atoms with Crippen LogP contribution in [0.4, 0.5) is 0 Å². The van der Waals surface area contributed by atoms with Crippen LogP contribution in [0.2, 0.25) is 0 Å². The number of hydrogen-bond donors (Lipinski definition) is 2. The van der Waals surface area contributed by atoms with Crippen molar-refractivity contribution in [1.82, 2.24) is 24.4 Å². The smallest absolute Gasteiger partial charge is 0.291 e. The molecule has 0 unspecified atom stereocenters. The van der Waals surface area contributed by atoms with E-state index in [9.17, 15) is 19.5 Å². The van der Waals surface area contributed by atoms with Crippen molar-refractivity contribution in [3.63, 3.8) is 0 Å². The van der Waals surface area contributed by atoms with Crippen molar-refractivity contribution in [3.05, 3.63) is 33.8 Å². The molecule has 0 bridgehead atoms. The monoisotopic (exact) mass is 441 g/mol. The summed E-state index contributed by atoms with van der Waals surface area (Å²) in [6.07, 6.45) is 8.25. The number of nitrogens with one attached hydrogen (secondary N) is 1. The van der Waals surface area contributed by atoms with Gasteiger partial charge in [-0.05, 0) is 51.5 Å². The molecule has 9 heteroatoms. The highest BCUT2D eigenvalue weighted by Gasteiger charge is 2.34. The standard InChI is InChI=1S/C23H31N5O4/c1-14(2)13-26-20-15(6-9-17(29)27-11-5-10-23(27,3)4)12-24-28(20)22(32)18(21(26)31)19(30)25-16-7-8-16/h6,9,12,14,16,31H,5,7-8,10-11,13H2,1-4H3,(H,25,30). The van der Waals surface area contributed by atoms with E-state index in [0.717, 1.165) is 30.2 Å². The number of rotatable bonds is 6. The van der Waals surface area contributed by atoms with Crippen LogP contribution in [0.15, 0.2) is 17.1 Å². The third-order valence-corrected chi connectivity index (χ3v) is 6.17. The third kappa shape index (κ3) is 4.03. The summed E-state index contributed by atoms with van der Waals surface area (Å²) in [7, 11) is 0. The summed E-state index contributed by atoms with van der Waals surface area (Å²) < 4.78 is 2.67. The lowest BCUT2D eigenvalue weighted by atomic mass is 10.0. The first-order chi connectivity index (χ1) is 15.1. The van der Waals surface area contributed by atoms with Crippen LogP contribution in [0, 0.1) is 5.92 Å². The highest BCUT2D eigenvalue weighted by molar-refractivity contribution is 5.97. The first-order valence-corrected chi connectivity index (χ1v) is 11.2. The molecule has 1 aliphatic carbocycles. The van der Waals surface area contributed by atoms with Gasteiger partial charge in [0, 0.05) is 36.3 Å². The topological polar surface area (TPSA) is 109 Å². The maximum atomic E-state index is 13.0. The van der Waals surface area contributed by atoms with E-state index in [1.165, 1.54) is 16.8 Å². The average molecular weight is 442 g/mol. The lowest BCUT2D eigenvalue weighted by Crippen LogP contribution is -2.41. The van der Waals surface area contributed by atoms with E-state index in [1.807, 2.05) is 32.6 Å². The predicted octanol–water partition coefficient (Wildman–Crippen LogP) is 2.16. The molecule has 172 valence electrons. The van der Waals surface area contributed by atoms with E-state index < -0.39 is 11.5 Å². The minimum atomic E-state index is -0.678. The number of hydrogen-bond acceptors (Lipinski definition) is 5. The van der Waals surface area contributed by atoms with Crippen LogP contribution in [-0.4, -0.2) is 54.1 Å². The Morgan fingerprint density at radius 1 is 1.34 bits per heavy atom. The molecule has 0 radical (unpaired) electrons. The normalized spacial score (nSPS) is 18.2. The number of carbonyl (C=O) groups is 2. The molecule has 0 aromatic carbocycles. The molecule has 1 aliphatic heterocycles. The summed E-state index contributed by atoms with van der Waals surface area (Å²) >= 11 is 0. The van der Waals surface area contributed by atoms with Crippen LogP contribution in [0.1, 0.15) is 69.3 Å². The molecule has 1 saturated carbocycles. The van der Waals surface area contributed by atoms with Crippen LogP contribution < -0.4 is 10.9 Å². The van der Waals surface area contributed by atoms with E-state index in [4.69, 9.17) is 0 Å². The molecule has 2 fully saturated rings. The van der Waals surface area contributed by atoms with Crippen LogP contribution in [-0.2, 0) is 11.3 Å². The summed E-state index contributed by atoms with van der Waals surface area (Å²) in [4.78, 5) is 40.3. The zero-order valence-corrected chi connectivity index (χ0v) is 19.1. The van der Waals surface area contributed by atoms with Gasteiger partial charge < -0.3 is 15.3 Å². The number of aromatic nitrogens is 3. The van der Waals surface area contributed by atoms with Crippen molar-refractivity contribution in [2.75, 3.05) is 6.54 Å². The Bertz CT molecular complexity index is 1150. The van der Waals surface area contributed by atoms with E-state index in [1.54, 1.807) is 6.08 Å². The Kier molecular flexibility index (Phi) is 5.60. The van der Waals surface area contributed by atoms with Crippen LogP contribution in [0.25, 0.3) is 11.7 Å². The number of nitrogens with zero attached hydrogens (tertiary/aromatic N) is 4. The molecule has 1 saturated heterocycles. The Hall–Kier alpha value is -3.10. The van der Waals surface area contributed by atoms with E-state index >= 15 is 0 Å². The summed E-state index contributed by atoms with van der Waals surface area (Å²) in [6, 6.07) is 0.0486. The van der Waals surface area contributed by atoms with Crippen molar-refractivity contribution in [1.29, 1.82) is 0 Å². The fraction of sp³-hybridized carbons (Fsp3) is 0.565. The number of aromatic hydroxyl groups is 1. The molecule has 9 nitrogen and oxygen atoms in total. The second kappa shape index (κ2) is 8.11. The number of likely N-dealkylation sites (tertiary alicyclic amines) is 1. The summed E-state index contributed by atoms with van der Waals surface area (Å²) in [6.45, 7) is 9.13. The molecule has 0 atom stereocenters. The van der Waals surface area contributed by atoms with E-state index in [2.05, 4.69) is 10.4 Å². The summed E-state index contributed by atoms with van der Waals surface area (Å²) in [5.74, 6) is -0.940. The first-order valence-electron chi connectivity index (χ1n) is 11.2. The van der Waals surface area contributed by atoms with Crippen molar-refractivity contribution in [2.24, 2.45) is 5.92 Å². The molecule has 2 aromatic rings. The highest BCUT2D eigenvalue weighted by Crippen LogP contribution is 2.29. The Labute approximate surface area is 186 Å². The Morgan fingerprint density at radius 2 is 2.06 bits per heavy atom. The van der Waals surface area contributed by atoms with Crippen molar-refractivity contribution < 1.29 is 14.7 Å². The molecule has 4 rings (SSSR count). The zero-order valence-electron chi connectivity index (χ0n) is 19.1. The molecule has 2 aliphatic rings. The van der Waals surface area contributed by atoms with Gasteiger partial charge in [0.15, 0.2) is 5.56 Å². The Morgan fingerprint density at radius 3 is 2.66 bits per heavy atom. The van der Waals surface area contributed by atoms with Gasteiger partial charge in [-0.25, -0.2) is 0 Å². The second-order valence-electron chi connectivity index (χ2n) is 9.83. The zero-order chi connectivity index (χ0) is 23.2. The van der Waals surface area contributed by atoms with Gasteiger partial charge in [0.2, 0.25) is 11.8 Å².